The summed E-state index contributed by atoms with van der Waals surface area (Å²) in [5.41, 5.74) is 3.46. The highest BCUT2D eigenvalue weighted by molar-refractivity contribution is 9.10. The second kappa shape index (κ2) is 9.25. The lowest BCUT2D eigenvalue weighted by atomic mass is 9.95. The lowest BCUT2D eigenvalue weighted by Gasteiger charge is -2.26. The Kier molecular flexibility index (Phi) is 6.21. The summed E-state index contributed by atoms with van der Waals surface area (Å²) in [5, 5.41) is 8.88. The second-order valence-corrected chi connectivity index (χ2v) is 9.28. The molecule has 2 aromatic heterocycles. The molecule has 0 saturated carbocycles. The number of aromatic nitrogens is 4. The van der Waals surface area contributed by atoms with Gasteiger partial charge in [0.25, 0.3) is 0 Å². The highest BCUT2D eigenvalue weighted by Crippen LogP contribution is 2.39. The van der Waals surface area contributed by atoms with E-state index in [0.29, 0.717) is 18.0 Å². The molecule has 1 unspecified atom stereocenters. The van der Waals surface area contributed by atoms with Gasteiger partial charge in [-0.2, -0.15) is 10.1 Å². The van der Waals surface area contributed by atoms with Crippen LogP contribution in [0.1, 0.15) is 36.1 Å². The number of carbonyl (C=O) groups is 1. The molecule has 3 heterocycles. The number of rotatable bonds is 7. The molecule has 1 atom stereocenters. The first-order valence-electron chi connectivity index (χ1n) is 11.2. The smallest absolute Gasteiger partial charge is 0.225 e. The summed E-state index contributed by atoms with van der Waals surface area (Å²) >= 11 is 3.56. The molecule has 0 radical (unpaired) electrons. The van der Waals surface area contributed by atoms with Crippen LogP contribution in [0.25, 0.3) is 11.0 Å². The third-order valence-electron chi connectivity index (χ3n) is 6.10. The average Bonchev–Trinajstić information content (AvgIpc) is 3.33. The topological polar surface area (TPSA) is 85.2 Å². The predicted molar refractivity (Wildman–Crippen MR) is 126 cm³/mol. The molecule has 3 aromatic rings. The number of aryl methyl sites for hydroxylation is 1. The number of morpholine rings is 1. The van der Waals surface area contributed by atoms with Crippen LogP contribution in [0.4, 0.5) is 5.95 Å². The Morgan fingerprint density at radius 2 is 2.06 bits per heavy atom. The van der Waals surface area contributed by atoms with Crippen LogP contribution in [0.2, 0.25) is 0 Å². The summed E-state index contributed by atoms with van der Waals surface area (Å²) in [6.07, 6.45) is 3.39. The van der Waals surface area contributed by atoms with E-state index in [0.717, 1.165) is 79.0 Å². The van der Waals surface area contributed by atoms with Crippen LogP contribution < -0.4 is 5.32 Å². The van der Waals surface area contributed by atoms with Gasteiger partial charge in [0.2, 0.25) is 5.95 Å². The predicted octanol–water partition coefficient (Wildman–Crippen LogP) is 3.00. The number of Topliss-reactive ketones (excluding diaryl/α,β-unsaturated/α-hetero) is 1. The van der Waals surface area contributed by atoms with Gasteiger partial charge in [-0.15, -0.1) is 0 Å². The summed E-state index contributed by atoms with van der Waals surface area (Å²) in [5.74, 6) is 0.298. The zero-order valence-corrected chi connectivity index (χ0v) is 19.8. The van der Waals surface area contributed by atoms with E-state index in [2.05, 4.69) is 43.2 Å². The number of carbonyl (C=O) groups excluding carboxylic acids is 1. The van der Waals surface area contributed by atoms with Crippen molar-refractivity contribution >= 4 is 38.7 Å². The third-order valence-corrected chi connectivity index (χ3v) is 6.60. The van der Waals surface area contributed by atoms with Gasteiger partial charge in [0, 0.05) is 49.8 Å². The maximum absolute atomic E-state index is 13.1. The van der Waals surface area contributed by atoms with Crippen LogP contribution >= 0.6 is 15.9 Å². The Morgan fingerprint density at radius 1 is 1.22 bits per heavy atom. The van der Waals surface area contributed by atoms with Gasteiger partial charge >= 0.3 is 0 Å². The molecule has 0 spiro atoms. The van der Waals surface area contributed by atoms with Crippen molar-refractivity contribution in [2.75, 3.05) is 44.7 Å². The maximum Gasteiger partial charge on any atom is 0.225 e. The molecule has 168 valence electrons. The minimum atomic E-state index is -0.396. The fraction of sp³-hybridized carbons (Fsp3) is 0.478. The average molecular weight is 499 g/mol. The molecule has 5 rings (SSSR count). The minimum Gasteiger partial charge on any atom is -0.379 e. The molecule has 2 aliphatic rings. The van der Waals surface area contributed by atoms with Gasteiger partial charge in [0.1, 0.15) is 0 Å². The summed E-state index contributed by atoms with van der Waals surface area (Å²) in [6.45, 7) is 7.97. The number of anilines is 1. The van der Waals surface area contributed by atoms with Gasteiger partial charge in [0.05, 0.1) is 30.2 Å². The molecular weight excluding hydrogens is 472 g/mol. The zero-order valence-electron chi connectivity index (χ0n) is 18.2. The first-order chi connectivity index (χ1) is 15.6. The molecule has 1 aliphatic carbocycles. The van der Waals surface area contributed by atoms with Crippen molar-refractivity contribution in [3.05, 3.63) is 45.7 Å². The molecule has 0 bridgehead atoms. The van der Waals surface area contributed by atoms with Crippen LogP contribution in [0, 0.1) is 0 Å². The fourth-order valence-corrected chi connectivity index (χ4v) is 4.90. The van der Waals surface area contributed by atoms with Gasteiger partial charge in [-0.05, 0) is 29.7 Å². The number of hydrogen-bond donors (Lipinski definition) is 1. The normalized spacial score (nSPS) is 18.9. The standard InChI is InChI=1S/C23H27BrN6O2/c1-2-6-30-14-18-21(20-17-13-16(24)4-3-15(17)12-19(20)31)26-23(27-22(18)28-30)25-5-7-29-8-10-32-11-9-29/h3-4,13-14,20H,2,5-12H2,1H3,(H,25,27,28). The highest BCUT2D eigenvalue weighted by Gasteiger charge is 2.35. The number of benzene rings is 1. The van der Waals surface area contributed by atoms with Crippen LogP contribution in [0.5, 0.6) is 0 Å². The molecule has 1 fully saturated rings. The first kappa shape index (κ1) is 21.5. The lowest BCUT2D eigenvalue weighted by molar-refractivity contribution is -0.118. The first-order valence-corrected chi connectivity index (χ1v) is 12.0. The number of nitrogens with one attached hydrogen (secondary N) is 1. The Labute approximate surface area is 195 Å². The van der Waals surface area contributed by atoms with Gasteiger partial charge in [0.15, 0.2) is 11.4 Å². The largest absolute Gasteiger partial charge is 0.379 e. The Hall–Kier alpha value is -2.36. The van der Waals surface area contributed by atoms with E-state index in [1.165, 1.54) is 0 Å². The summed E-state index contributed by atoms with van der Waals surface area (Å²) in [6, 6.07) is 6.06. The van der Waals surface area contributed by atoms with Gasteiger partial charge in [-0.25, -0.2) is 4.98 Å². The van der Waals surface area contributed by atoms with E-state index in [1.807, 2.05) is 29.1 Å². The summed E-state index contributed by atoms with van der Waals surface area (Å²) in [4.78, 5) is 25.0. The number of hydrogen-bond acceptors (Lipinski definition) is 7. The fourth-order valence-electron chi connectivity index (χ4n) is 4.53. The van der Waals surface area contributed by atoms with Crippen molar-refractivity contribution < 1.29 is 9.53 Å². The van der Waals surface area contributed by atoms with Crippen molar-refractivity contribution in [2.45, 2.75) is 32.2 Å². The quantitative estimate of drug-likeness (QED) is 0.535. The van der Waals surface area contributed by atoms with Gasteiger partial charge in [-0.1, -0.05) is 28.9 Å². The van der Waals surface area contributed by atoms with Crippen molar-refractivity contribution in [1.29, 1.82) is 0 Å². The van der Waals surface area contributed by atoms with E-state index in [4.69, 9.17) is 9.72 Å². The van der Waals surface area contributed by atoms with E-state index >= 15 is 0 Å². The summed E-state index contributed by atoms with van der Waals surface area (Å²) in [7, 11) is 0. The Bertz CT molecular complexity index is 1140. The molecule has 8 nitrogen and oxygen atoms in total. The molecule has 1 N–H and O–H groups in total. The minimum absolute atomic E-state index is 0.167. The highest BCUT2D eigenvalue weighted by atomic mass is 79.9. The second-order valence-electron chi connectivity index (χ2n) is 8.36. The molecule has 1 aromatic carbocycles. The number of ether oxygens (including phenoxy) is 1. The monoisotopic (exact) mass is 498 g/mol. The maximum atomic E-state index is 13.1. The van der Waals surface area contributed by atoms with Crippen molar-refractivity contribution in [2.24, 2.45) is 0 Å². The van der Waals surface area contributed by atoms with E-state index < -0.39 is 5.92 Å². The third kappa shape index (κ3) is 4.29. The molecule has 0 amide bonds. The molecular formula is C23H27BrN6O2. The SMILES string of the molecule is CCCn1cc2c(C3C(=O)Cc4ccc(Br)cc43)nc(NCCN3CCOCC3)nc2n1. The number of halogens is 1. The zero-order chi connectivity index (χ0) is 22.1. The molecule has 32 heavy (non-hydrogen) atoms. The van der Waals surface area contributed by atoms with E-state index in [1.54, 1.807) is 0 Å². The van der Waals surface area contributed by atoms with E-state index in [9.17, 15) is 4.79 Å². The van der Waals surface area contributed by atoms with Gasteiger partial charge < -0.3 is 10.1 Å². The molecule has 9 heteroatoms. The Morgan fingerprint density at radius 3 is 2.88 bits per heavy atom. The number of fused-ring (bicyclic) bond motifs is 2. The van der Waals surface area contributed by atoms with Crippen LogP contribution in [0.15, 0.2) is 28.9 Å². The van der Waals surface area contributed by atoms with Crippen LogP contribution in [0.3, 0.4) is 0 Å². The van der Waals surface area contributed by atoms with Crippen molar-refractivity contribution in [3.63, 3.8) is 0 Å². The van der Waals surface area contributed by atoms with Gasteiger partial charge in [-0.3, -0.25) is 14.4 Å². The molecule has 1 saturated heterocycles. The molecule has 1 aliphatic heterocycles. The summed E-state index contributed by atoms with van der Waals surface area (Å²) < 4.78 is 8.29. The van der Waals surface area contributed by atoms with E-state index in [-0.39, 0.29) is 5.78 Å². The number of nitrogens with zero attached hydrogens (tertiary/aromatic N) is 5. The van der Waals surface area contributed by atoms with Crippen molar-refractivity contribution in [1.82, 2.24) is 24.6 Å². The lowest BCUT2D eigenvalue weighted by Crippen LogP contribution is -2.39. The van der Waals surface area contributed by atoms with Crippen LogP contribution in [-0.2, 0) is 22.5 Å². The number of ketones is 1. The Balaban J connectivity index is 1.49. The van der Waals surface area contributed by atoms with Crippen molar-refractivity contribution in [3.8, 4) is 0 Å². The van der Waals surface area contributed by atoms with Crippen LogP contribution in [-0.4, -0.2) is 69.8 Å².